The zero-order chi connectivity index (χ0) is 18.8. The lowest BCUT2D eigenvalue weighted by molar-refractivity contribution is -0.123. The summed E-state index contributed by atoms with van der Waals surface area (Å²) >= 11 is 6.28. The van der Waals surface area contributed by atoms with Gasteiger partial charge in [-0.2, -0.15) is 0 Å². The van der Waals surface area contributed by atoms with Crippen LogP contribution in [0.15, 0.2) is 48.5 Å². The van der Waals surface area contributed by atoms with Gasteiger partial charge in [-0.25, -0.2) is 0 Å². The molecule has 2 unspecified atom stereocenters. The van der Waals surface area contributed by atoms with Gasteiger partial charge < -0.3 is 5.32 Å². The van der Waals surface area contributed by atoms with E-state index in [9.17, 15) is 4.79 Å². The number of halogens is 1. The van der Waals surface area contributed by atoms with E-state index in [4.69, 9.17) is 11.6 Å². The van der Waals surface area contributed by atoms with Gasteiger partial charge in [0.2, 0.25) is 5.91 Å². The number of aryl methyl sites for hydroxylation is 1. The molecule has 1 aliphatic carbocycles. The Morgan fingerprint density at radius 2 is 1.93 bits per heavy atom. The smallest absolute Gasteiger partial charge is 0.223 e. The molecule has 2 aliphatic rings. The SMILES string of the molecule is Cc1cccc(CN2CCC(NC(=O)C3CC3c3ccccc3Cl)CC2)c1. The highest BCUT2D eigenvalue weighted by atomic mass is 35.5. The number of hydrogen-bond acceptors (Lipinski definition) is 2. The van der Waals surface area contributed by atoms with Crippen molar-refractivity contribution in [2.75, 3.05) is 13.1 Å². The third-order valence-electron chi connectivity index (χ3n) is 5.85. The molecule has 4 heteroatoms. The van der Waals surface area contributed by atoms with Crippen molar-refractivity contribution in [1.29, 1.82) is 0 Å². The predicted octanol–water partition coefficient (Wildman–Crippen LogP) is 4.53. The summed E-state index contributed by atoms with van der Waals surface area (Å²) in [7, 11) is 0. The monoisotopic (exact) mass is 382 g/mol. The maximum Gasteiger partial charge on any atom is 0.223 e. The molecule has 2 fully saturated rings. The lowest BCUT2D eigenvalue weighted by atomic mass is 10.0. The highest BCUT2D eigenvalue weighted by molar-refractivity contribution is 6.31. The minimum Gasteiger partial charge on any atom is -0.353 e. The molecule has 1 aliphatic heterocycles. The summed E-state index contributed by atoms with van der Waals surface area (Å²) < 4.78 is 0. The van der Waals surface area contributed by atoms with Crippen LogP contribution in [-0.4, -0.2) is 29.9 Å². The summed E-state index contributed by atoms with van der Waals surface area (Å²) in [5, 5.41) is 4.06. The first-order valence-corrected chi connectivity index (χ1v) is 10.3. The van der Waals surface area contributed by atoms with Crippen molar-refractivity contribution in [3.63, 3.8) is 0 Å². The Labute approximate surface area is 166 Å². The van der Waals surface area contributed by atoms with Crippen molar-refractivity contribution >= 4 is 17.5 Å². The van der Waals surface area contributed by atoms with Gasteiger partial charge in [0.05, 0.1) is 0 Å². The van der Waals surface area contributed by atoms with E-state index in [2.05, 4.69) is 41.4 Å². The van der Waals surface area contributed by atoms with Crippen molar-refractivity contribution in [2.45, 2.75) is 44.7 Å². The first-order chi connectivity index (χ1) is 13.1. The van der Waals surface area contributed by atoms with Crippen LogP contribution < -0.4 is 5.32 Å². The van der Waals surface area contributed by atoms with Crippen molar-refractivity contribution in [3.8, 4) is 0 Å². The Balaban J connectivity index is 1.24. The number of amides is 1. The quantitative estimate of drug-likeness (QED) is 0.823. The van der Waals surface area contributed by atoms with E-state index in [1.165, 1.54) is 11.1 Å². The molecule has 0 spiro atoms. The van der Waals surface area contributed by atoms with Crippen LogP contribution >= 0.6 is 11.6 Å². The van der Waals surface area contributed by atoms with Crippen molar-refractivity contribution in [3.05, 3.63) is 70.2 Å². The van der Waals surface area contributed by atoms with Crippen molar-refractivity contribution in [2.24, 2.45) is 5.92 Å². The van der Waals surface area contributed by atoms with Gasteiger partial charge in [-0.15, -0.1) is 0 Å². The lowest BCUT2D eigenvalue weighted by Crippen LogP contribution is -2.44. The molecule has 1 amide bonds. The zero-order valence-corrected chi connectivity index (χ0v) is 16.6. The number of benzene rings is 2. The van der Waals surface area contributed by atoms with Gasteiger partial charge in [0.1, 0.15) is 0 Å². The Morgan fingerprint density at radius 3 is 2.67 bits per heavy atom. The molecule has 2 aromatic carbocycles. The van der Waals surface area contributed by atoms with E-state index in [1.807, 2.05) is 24.3 Å². The normalized spacial score (nSPS) is 23.2. The average Bonchev–Trinajstić information content (AvgIpc) is 3.44. The first kappa shape index (κ1) is 18.5. The molecule has 1 saturated carbocycles. The summed E-state index contributed by atoms with van der Waals surface area (Å²) in [6.07, 6.45) is 2.98. The van der Waals surface area contributed by atoms with Crippen LogP contribution in [0.5, 0.6) is 0 Å². The lowest BCUT2D eigenvalue weighted by Gasteiger charge is -2.32. The predicted molar refractivity (Wildman–Crippen MR) is 110 cm³/mol. The van der Waals surface area contributed by atoms with Crippen LogP contribution in [0.1, 0.15) is 41.9 Å². The molecule has 2 aromatic rings. The molecule has 4 rings (SSSR count). The third-order valence-corrected chi connectivity index (χ3v) is 6.20. The Bertz CT molecular complexity index is 814. The molecule has 1 N–H and O–H groups in total. The molecule has 3 nitrogen and oxygen atoms in total. The summed E-state index contributed by atoms with van der Waals surface area (Å²) in [5.41, 5.74) is 3.80. The minimum atomic E-state index is 0.0928. The Kier molecular flexibility index (Phi) is 5.51. The van der Waals surface area contributed by atoms with Crippen LogP contribution in [0.25, 0.3) is 0 Å². The number of rotatable bonds is 5. The van der Waals surface area contributed by atoms with Gasteiger partial charge in [0, 0.05) is 36.6 Å². The summed E-state index contributed by atoms with van der Waals surface area (Å²) in [6, 6.07) is 16.9. The minimum absolute atomic E-state index is 0.0928. The molecular weight excluding hydrogens is 356 g/mol. The highest BCUT2D eigenvalue weighted by Gasteiger charge is 2.45. The van der Waals surface area contributed by atoms with E-state index >= 15 is 0 Å². The molecule has 1 heterocycles. The van der Waals surface area contributed by atoms with E-state index in [0.717, 1.165) is 49.5 Å². The molecule has 2 atom stereocenters. The second-order valence-electron chi connectivity index (χ2n) is 8.02. The van der Waals surface area contributed by atoms with E-state index in [0.29, 0.717) is 12.0 Å². The van der Waals surface area contributed by atoms with Gasteiger partial charge in [-0.3, -0.25) is 9.69 Å². The first-order valence-electron chi connectivity index (χ1n) is 9.93. The van der Waals surface area contributed by atoms with Crippen LogP contribution in [0.3, 0.4) is 0 Å². The van der Waals surface area contributed by atoms with E-state index in [1.54, 1.807) is 0 Å². The molecule has 0 aromatic heterocycles. The van der Waals surface area contributed by atoms with Crippen LogP contribution in [-0.2, 0) is 11.3 Å². The fourth-order valence-electron chi connectivity index (χ4n) is 4.22. The maximum absolute atomic E-state index is 12.6. The number of carbonyl (C=O) groups excluding carboxylic acids is 1. The van der Waals surface area contributed by atoms with E-state index in [-0.39, 0.29) is 11.8 Å². The number of piperidine rings is 1. The molecule has 1 saturated heterocycles. The summed E-state index contributed by atoms with van der Waals surface area (Å²) in [5.74, 6) is 0.590. The molecule has 27 heavy (non-hydrogen) atoms. The second kappa shape index (κ2) is 8.04. The zero-order valence-electron chi connectivity index (χ0n) is 15.8. The number of nitrogens with one attached hydrogen (secondary N) is 1. The van der Waals surface area contributed by atoms with Gasteiger partial charge in [0.25, 0.3) is 0 Å². The standard InChI is InChI=1S/C23H27ClN2O/c1-16-5-4-6-17(13-16)15-26-11-9-18(10-12-26)25-23(27)21-14-20(21)19-7-2-3-8-22(19)24/h2-8,13,18,20-21H,9-12,14-15H2,1H3,(H,25,27). The number of hydrogen-bond donors (Lipinski definition) is 1. The largest absolute Gasteiger partial charge is 0.353 e. The van der Waals surface area contributed by atoms with Gasteiger partial charge in [-0.05, 0) is 49.3 Å². The van der Waals surface area contributed by atoms with E-state index < -0.39 is 0 Å². The van der Waals surface area contributed by atoms with Crippen LogP contribution in [0, 0.1) is 12.8 Å². The number of likely N-dealkylation sites (tertiary alicyclic amines) is 1. The Hall–Kier alpha value is -1.84. The number of carbonyl (C=O) groups is 1. The molecule has 0 bridgehead atoms. The maximum atomic E-state index is 12.6. The summed E-state index contributed by atoms with van der Waals surface area (Å²) in [6.45, 7) is 5.22. The van der Waals surface area contributed by atoms with Crippen molar-refractivity contribution < 1.29 is 4.79 Å². The van der Waals surface area contributed by atoms with Gasteiger partial charge in [-0.1, -0.05) is 59.6 Å². The fourth-order valence-corrected chi connectivity index (χ4v) is 4.49. The van der Waals surface area contributed by atoms with Gasteiger partial charge in [0.15, 0.2) is 0 Å². The van der Waals surface area contributed by atoms with Gasteiger partial charge >= 0.3 is 0 Å². The molecular formula is C23H27ClN2O. The number of nitrogens with zero attached hydrogens (tertiary/aromatic N) is 1. The Morgan fingerprint density at radius 1 is 1.15 bits per heavy atom. The second-order valence-corrected chi connectivity index (χ2v) is 8.43. The van der Waals surface area contributed by atoms with Crippen molar-refractivity contribution in [1.82, 2.24) is 10.2 Å². The highest BCUT2D eigenvalue weighted by Crippen LogP contribution is 2.49. The molecule has 142 valence electrons. The fraction of sp³-hybridized carbons (Fsp3) is 0.435. The van der Waals surface area contributed by atoms with Crippen LogP contribution in [0.4, 0.5) is 0 Å². The van der Waals surface area contributed by atoms with Crippen LogP contribution in [0.2, 0.25) is 5.02 Å². The topological polar surface area (TPSA) is 32.3 Å². The molecule has 0 radical (unpaired) electrons. The third kappa shape index (κ3) is 4.53. The summed E-state index contributed by atoms with van der Waals surface area (Å²) in [4.78, 5) is 15.1. The average molecular weight is 383 g/mol.